The molecule has 154 valence electrons. The van der Waals surface area contributed by atoms with Crippen LogP contribution < -0.4 is 10.1 Å². The number of halogens is 1. The zero-order chi connectivity index (χ0) is 20.9. The number of rotatable bonds is 8. The standard InChI is InChI=1S/C21H23ClN2O4S/c1-14-6-8-15(9-7-14)29-28-23-10-4-5-11-26-19-12-16-18(13-17(19)22)24-20(25)27-21(16,2)3/h6-10,12-13H,4-5,11H2,1-3H3,(H,24,25). The van der Waals surface area contributed by atoms with Crippen LogP contribution in [0.5, 0.6) is 5.75 Å². The summed E-state index contributed by atoms with van der Waals surface area (Å²) in [6.07, 6.45) is 2.69. The second-order valence-corrected chi connectivity index (χ2v) is 8.30. The Bertz CT molecular complexity index is 900. The van der Waals surface area contributed by atoms with Gasteiger partial charge >= 0.3 is 6.09 Å². The third kappa shape index (κ3) is 5.81. The summed E-state index contributed by atoms with van der Waals surface area (Å²) in [5.41, 5.74) is 1.91. The molecule has 0 bridgehead atoms. The molecule has 0 unspecified atom stereocenters. The maximum Gasteiger partial charge on any atom is 0.412 e. The van der Waals surface area contributed by atoms with E-state index in [-0.39, 0.29) is 0 Å². The van der Waals surface area contributed by atoms with Crippen molar-refractivity contribution in [2.45, 2.75) is 44.1 Å². The summed E-state index contributed by atoms with van der Waals surface area (Å²) in [6, 6.07) is 11.5. The Morgan fingerprint density at radius 3 is 2.79 bits per heavy atom. The molecule has 1 aliphatic rings. The van der Waals surface area contributed by atoms with Crippen molar-refractivity contribution in [2.24, 2.45) is 5.16 Å². The molecule has 0 aromatic heterocycles. The highest BCUT2D eigenvalue weighted by atomic mass is 35.5. The van der Waals surface area contributed by atoms with Gasteiger partial charge in [-0.1, -0.05) is 34.5 Å². The lowest BCUT2D eigenvalue weighted by atomic mass is 9.94. The third-order valence-corrected chi connectivity index (χ3v) is 5.23. The number of benzene rings is 2. The first-order valence-corrected chi connectivity index (χ1v) is 10.4. The summed E-state index contributed by atoms with van der Waals surface area (Å²) >= 11 is 7.50. The molecule has 1 N–H and O–H groups in total. The van der Waals surface area contributed by atoms with E-state index in [1.165, 1.54) is 17.6 Å². The molecule has 1 amide bonds. The summed E-state index contributed by atoms with van der Waals surface area (Å²) < 4.78 is 16.3. The first-order chi connectivity index (χ1) is 13.8. The molecule has 0 saturated carbocycles. The van der Waals surface area contributed by atoms with Crippen LogP contribution in [0.25, 0.3) is 0 Å². The molecule has 6 nitrogen and oxygen atoms in total. The van der Waals surface area contributed by atoms with E-state index in [9.17, 15) is 4.79 Å². The van der Waals surface area contributed by atoms with Crippen molar-refractivity contribution >= 4 is 41.6 Å². The number of cyclic esters (lactones) is 1. The van der Waals surface area contributed by atoms with Crippen LogP contribution in [0.1, 0.15) is 37.8 Å². The Labute approximate surface area is 179 Å². The number of hydrogen-bond donors (Lipinski definition) is 1. The largest absolute Gasteiger partial charge is 0.492 e. The molecule has 2 aromatic rings. The van der Waals surface area contributed by atoms with Gasteiger partial charge in [0.2, 0.25) is 0 Å². The molecule has 29 heavy (non-hydrogen) atoms. The molecule has 0 atom stereocenters. The van der Waals surface area contributed by atoms with Gasteiger partial charge in [0.1, 0.15) is 23.4 Å². The maximum atomic E-state index is 11.6. The molecule has 2 aromatic carbocycles. The lowest BCUT2D eigenvalue weighted by Gasteiger charge is -2.33. The number of oxime groups is 1. The van der Waals surface area contributed by atoms with Crippen molar-refractivity contribution in [3.63, 3.8) is 0 Å². The molecular weight excluding hydrogens is 412 g/mol. The number of nitrogens with one attached hydrogen (secondary N) is 1. The molecule has 1 aliphatic heterocycles. The van der Waals surface area contributed by atoms with Gasteiger partial charge in [0.05, 0.1) is 22.2 Å². The second kappa shape index (κ2) is 9.41. The van der Waals surface area contributed by atoms with Gasteiger partial charge in [0, 0.05) is 11.8 Å². The zero-order valence-corrected chi connectivity index (χ0v) is 18.1. The maximum absolute atomic E-state index is 11.6. The van der Waals surface area contributed by atoms with Crippen molar-refractivity contribution in [3.05, 3.63) is 52.5 Å². The van der Waals surface area contributed by atoms with E-state index >= 15 is 0 Å². The number of nitrogens with zero attached hydrogens (tertiary/aromatic N) is 1. The van der Waals surface area contributed by atoms with Crippen LogP contribution in [0, 0.1) is 6.92 Å². The number of ether oxygens (including phenoxy) is 2. The quantitative estimate of drug-likeness (QED) is 0.228. The van der Waals surface area contributed by atoms with Crippen LogP contribution in [0.3, 0.4) is 0 Å². The fourth-order valence-electron chi connectivity index (χ4n) is 2.79. The lowest BCUT2D eigenvalue weighted by Crippen LogP contribution is -2.34. The van der Waals surface area contributed by atoms with E-state index in [1.807, 2.05) is 51.1 Å². The van der Waals surface area contributed by atoms with Crippen LogP contribution in [-0.4, -0.2) is 18.9 Å². The fraction of sp³-hybridized carbons (Fsp3) is 0.333. The number of carbonyl (C=O) groups excluding carboxylic acids is 1. The van der Waals surface area contributed by atoms with E-state index in [1.54, 1.807) is 12.3 Å². The summed E-state index contributed by atoms with van der Waals surface area (Å²) in [5, 5.41) is 7.03. The van der Waals surface area contributed by atoms with Crippen molar-refractivity contribution in [3.8, 4) is 5.75 Å². The highest BCUT2D eigenvalue weighted by molar-refractivity contribution is 7.94. The zero-order valence-electron chi connectivity index (χ0n) is 16.5. The molecule has 1 heterocycles. The van der Waals surface area contributed by atoms with Gasteiger partial charge in [-0.25, -0.2) is 4.79 Å². The highest BCUT2D eigenvalue weighted by Gasteiger charge is 2.34. The number of fused-ring (bicyclic) bond motifs is 1. The molecular formula is C21H23ClN2O4S. The smallest absolute Gasteiger partial charge is 0.412 e. The average molecular weight is 435 g/mol. The van der Waals surface area contributed by atoms with Crippen molar-refractivity contribution < 1.29 is 18.6 Å². The molecule has 0 aliphatic carbocycles. The minimum atomic E-state index is -0.751. The number of hydrogen-bond acceptors (Lipinski definition) is 6. The normalized spacial score (nSPS) is 14.8. The van der Waals surface area contributed by atoms with Gasteiger partial charge in [-0.05, 0) is 57.9 Å². The Kier molecular flexibility index (Phi) is 6.92. The molecule has 0 saturated heterocycles. The molecule has 0 fully saturated rings. The van der Waals surface area contributed by atoms with Gasteiger partial charge in [-0.2, -0.15) is 0 Å². The topological polar surface area (TPSA) is 69.2 Å². The van der Waals surface area contributed by atoms with E-state index in [0.717, 1.165) is 16.9 Å². The van der Waals surface area contributed by atoms with Crippen LogP contribution in [0.2, 0.25) is 5.02 Å². The Morgan fingerprint density at radius 2 is 2.03 bits per heavy atom. The molecule has 3 rings (SSSR count). The first kappa shape index (κ1) is 21.3. The summed E-state index contributed by atoms with van der Waals surface area (Å²) in [6.45, 7) is 6.17. The number of anilines is 1. The summed E-state index contributed by atoms with van der Waals surface area (Å²) in [4.78, 5) is 12.6. The van der Waals surface area contributed by atoms with Crippen LogP contribution >= 0.6 is 23.6 Å². The SMILES string of the molecule is Cc1ccc(SON=CCCCOc2cc3c(cc2Cl)NC(=O)OC3(C)C)cc1. The Morgan fingerprint density at radius 1 is 1.28 bits per heavy atom. The van der Waals surface area contributed by atoms with Gasteiger partial charge in [-0.3, -0.25) is 5.32 Å². The second-order valence-electron chi connectivity index (χ2n) is 7.10. The first-order valence-electron chi connectivity index (χ1n) is 9.24. The van der Waals surface area contributed by atoms with Gasteiger partial charge in [0.25, 0.3) is 0 Å². The van der Waals surface area contributed by atoms with Gasteiger partial charge in [0.15, 0.2) is 0 Å². The molecule has 8 heteroatoms. The third-order valence-electron chi connectivity index (χ3n) is 4.31. The van der Waals surface area contributed by atoms with Crippen molar-refractivity contribution in [2.75, 3.05) is 11.9 Å². The monoisotopic (exact) mass is 434 g/mol. The number of amides is 1. The van der Waals surface area contributed by atoms with Gasteiger partial charge in [-0.15, -0.1) is 0 Å². The molecule has 0 radical (unpaired) electrons. The average Bonchev–Trinajstić information content (AvgIpc) is 2.65. The number of carbonyl (C=O) groups is 1. The van der Waals surface area contributed by atoms with Crippen LogP contribution in [-0.2, 0) is 14.6 Å². The Balaban J connectivity index is 1.44. The molecule has 0 spiro atoms. The number of aryl methyl sites for hydroxylation is 1. The predicted octanol–water partition coefficient (Wildman–Crippen LogP) is 6.31. The van der Waals surface area contributed by atoms with E-state index < -0.39 is 11.7 Å². The van der Waals surface area contributed by atoms with Gasteiger partial charge < -0.3 is 13.8 Å². The van der Waals surface area contributed by atoms with Crippen molar-refractivity contribution in [1.29, 1.82) is 0 Å². The van der Waals surface area contributed by atoms with Crippen molar-refractivity contribution in [1.82, 2.24) is 0 Å². The van der Waals surface area contributed by atoms with Crippen LogP contribution in [0.4, 0.5) is 10.5 Å². The minimum absolute atomic E-state index is 0.438. The minimum Gasteiger partial charge on any atom is -0.492 e. The predicted molar refractivity (Wildman–Crippen MR) is 116 cm³/mol. The summed E-state index contributed by atoms with van der Waals surface area (Å²) in [7, 11) is 0. The summed E-state index contributed by atoms with van der Waals surface area (Å²) in [5.74, 6) is 0.557. The van der Waals surface area contributed by atoms with E-state index in [4.69, 9.17) is 25.4 Å². The highest BCUT2D eigenvalue weighted by Crippen LogP contribution is 2.41. The van der Waals surface area contributed by atoms with E-state index in [2.05, 4.69) is 10.5 Å². The lowest BCUT2D eigenvalue weighted by molar-refractivity contribution is 0.0418. The Hall–Kier alpha value is -2.38. The number of unbranched alkanes of at least 4 members (excludes halogenated alkanes) is 1. The fourth-order valence-corrected chi connectivity index (χ4v) is 3.44. The van der Waals surface area contributed by atoms with Crippen LogP contribution in [0.15, 0.2) is 46.4 Å². The van der Waals surface area contributed by atoms with E-state index in [0.29, 0.717) is 29.5 Å².